The van der Waals surface area contributed by atoms with E-state index in [0.29, 0.717) is 5.92 Å². The summed E-state index contributed by atoms with van der Waals surface area (Å²) < 4.78 is 0. The van der Waals surface area contributed by atoms with Gasteiger partial charge in [-0.25, -0.2) is 0 Å². The van der Waals surface area contributed by atoms with E-state index in [0.717, 1.165) is 32.0 Å². The summed E-state index contributed by atoms with van der Waals surface area (Å²) in [6.07, 6.45) is 4.73. The Morgan fingerprint density at radius 2 is 1.85 bits per heavy atom. The molecule has 0 spiro atoms. The summed E-state index contributed by atoms with van der Waals surface area (Å²) in [5.74, 6) is 1.28. The quantitative estimate of drug-likeness (QED) is 0.365. The number of aryl methyl sites for hydroxylation is 2. The molecule has 0 aliphatic carbocycles. The lowest BCUT2D eigenvalue weighted by Gasteiger charge is -2.14. The van der Waals surface area contributed by atoms with Crippen LogP contribution in [0.2, 0.25) is 0 Å². The van der Waals surface area contributed by atoms with Crippen molar-refractivity contribution in [3.05, 3.63) is 65.0 Å². The summed E-state index contributed by atoms with van der Waals surface area (Å²) in [4.78, 5) is 8.89. The molecule has 1 atom stereocenters. The van der Waals surface area contributed by atoms with E-state index in [1.807, 2.05) is 12.4 Å². The first-order valence-electron chi connectivity index (χ1n) is 9.08. The van der Waals surface area contributed by atoms with E-state index in [-0.39, 0.29) is 24.0 Å². The lowest BCUT2D eigenvalue weighted by atomic mass is 10.0. The number of halogens is 1. The van der Waals surface area contributed by atoms with Gasteiger partial charge in [0, 0.05) is 37.9 Å². The predicted molar refractivity (Wildman–Crippen MR) is 122 cm³/mol. The number of aromatic nitrogens is 1. The van der Waals surface area contributed by atoms with Crippen LogP contribution in [0.15, 0.2) is 47.7 Å². The van der Waals surface area contributed by atoms with Gasteiger partial charge >= 0.3 is 0 Å². The first kappa shape index (κ1) is 22.4. The molecule has 142 valence electrons. The minimum Gasteiger partial charge on any atom is -0.357 e. The highest BCUT2D eigenvalue weighted by atomic mass is 127. The van der Waals surface area contributed by atoms with Crippen LogP contribution in [0.4, 0.5) is 0 Å². The average molecular weight is 466 g/mol. The van der Waals surface area contributed by atoms with Crippen LogP contribution in [-0.4, -0.2) is 30.6 Å². The van der Waals surface area contributed by atoms with Gasteiger partial charge in [0.15, 0.2) is 5.96 Å². The van der Waals surface area contributed by atoms with Gasteiger partial charge in [-0.05, 0) is 49.9 Å². The fourth-order valence-electron chi connectivity index (χ4n) is 2.67. The molecule has 0 bridgehead atoms. The molecule has 1 unspecified atom stereocenters. The SMILES string of the molecule is CCNC(=NCC(C)c1ccc(C)cc1)NCCc1ccncc1C.I. The van der Waals surface area contributed by atoms with Crippen molar-refractivity contribution in [3.63, 3.8) is 0 Å². The average Bonchev–Trinajstić information content (AvgIpc) is 2.61. The third-order valence-corrected chi connectivity index (χ3v) is 4.34. The second-order valence-corrected chi connectivity index (χ2v) is 6.51. The maximum absolute atomic E-state index is 4.75. The van der Waals surface area contributed by atoms with Gasteiger partial charge in [-0.1, -0.05) is 36.8 Å². The zero-order chi connectivity index (χ0) is 18.1. The molecule has 4 nitrogen and oxygen atoms in total. The fourth-order valence-corrected chi connectivity index (χ4v) is 2.67. The van der Waals surface area contributed by atoms with Crippen LogP contribution in [0.1, 0.15) is 42.0 Å². The summed E-state index contributed by atoms with van der Waals surface area (Å²) in [6.45, 7) is 11.0. The standard InChI is InChI=1S/C21H30N4.HI/c1-5-23-21(24-13-11-20-10-12-22-14-17(20)3)25-15-18(4)19-8-6-16(2)7-9-19;/h6-10,12,14,18H,5,11,13,15H2,1-4H3,(H2,23,24,25);1H. The molecule has 5 heteroatoms. The second-order valence-electron chi connectivity index (χ2n) is 6.51. The number of nitrogens with zero attached hydrogens (tertiary/aromatic N) is 2. The lowest BCUT2D eigenvalue weighted by Crippen LogP contribution is -2.38. The Hall–Kier alpha value is -1.63. The topological polar surface area (TPSA) is 49.3 Å². The predicted octanol–water partition coefficient (Wildman–Crippen LogP) is 4.22. The minimum atomic E-state index is 0. The van der Waals surface area contributed by atoms with Crippen molar-refractivity contribution >= 4 is 29.9 Å². The molecule has 2 aromatic rings. The van der Waals surface area contributed by atoms with E-state index in [2.05, 4.69) is 73.6 Å². The molecule has 1 aromatic heterocycles. The van der Waals surface area contributed by atoms with Crippen molar-refractivity contribution in [1.29, 1.82) is 0 Å². The normalized spacial score (nSPS) is 12.2. The Kier molecular flexibility index (Phi) is 10.2. The van der Waals surface area contributed by atoms with Crippen molar-refractivity contribution in [2.75, 3.05) is 19.6 Å². The van der Waals surface area contributed by atoms with E-state index < -0.39 is 0 Å². The Bertz CT molecular complexity index is 683. The van der Waals surface area contributed by atoms with Gasteiger partial charge in [-0.3, -0.25) is 9.98 Å². The maximum Gasteiger partial charge on any atom is 0.191 e. The molecule has 0 saturated carbocycles. The van der Waals surface area contributed by atoms with Crippen molar-refractivity contribution in [2.45, 2.75) is 40.0 Å². The van der Waals surface area contributed by atoms with Crippen molar-refractivity contribution < 1.29 is 0 Å². The largest absolute Gasteiger partial charge is 0.357 e. The summed E-state index contributed by atoms with van der Waals surface area (Å²) in [5.41, 5.74) is 5.18. The molecule has 2 rings (SSSR count). The Morgan fingerprint density at radius 1 is 1.12 bits per heavy atom. The van der Waals surface area contributed by atoms with Crippen molar-refractivity contribution in [2.24, 2.45) is 4.99 Å². The summed E-state index contributed by atoms with van der Waals surface area (Å²) in [6, 6.07) is 10.8. The van der Waals surface area contributed by atoms with Gasteiger partial charge in [0.05, 0.1) is 0 Å². The third kappa shape index (κ3) is 7.32. The summed E-state index contributed by atoms with van der Waals surface area (Å²) >= 11 is 0. The van der Waals surface area contributed by atoms with Gasteiger partial charge in [0.25, 0.3) is 0 Å². The number of hydrogen-bond acceptors (Lipinski definition) is 2. The monoisotopic (exact) mass is 466 g/mol. The Balaban J connectivity index is 0.00000338. The molecule has 0 amide bonds. The highest BCUT2D eigenvalue weighted by Gasteiger charge is 2.06. The van der Waals surface area contributed by atoms with Crippen molar-refractivity contribution in [1.82, 2.24) is 15.6 Å². The number of aliphatic imine (C=N–C) groups is 1. The molecule has 1 aromatic carbocycles. The van der Waals surface area contributed by atoms with Crippen LogP contribution in [0.3, 0.4) is 0 Å². The van der Waals surface area contributed by atoms with Crippen LogP contribution in [0, 0.1) is 13.8 Å². The van der Waals surface area contributed by atoms with Crippen LogP contribution in [0.5, 0.6) is 0 Å². The van der Waals surface area contributed by atoms with E-state index in [1.54, 1.807) is 0 Å². The molecule has 2 N–H and O–H groups in total. The summed E-state index contributed by atoms with van der Waals surface area (Å²) in [5, 5.41) is 6.76. The van der Waals surface area contributed by atoms with E-state index in [9.17, 15) is 0 Å². The van der Waals surface area contributed by atoms with Crippen molar-refractivity contribution in [3.8, 4) is 0 Å². The first-order valence-corrected chi connectivity index (χ1v) is 9.08. The zero-order valence-electron chi connectivity index (χ0n) is 16.2. The molecular formula is C21H31IN4. The molecule has 1 heterocycles. The smallest absolute Gasteiger partial charge is 0.191 e. The maximum atomic E-state index is 4.75. The highest BCUT2D eigenvalue weighted by molar-refractivity contribution is 14.0. The molecule has 26 heavy (non-hydrogen) atoms. The molecule has 0 aliphatic rings. The Labute approximate surface area is 174 Å². The van der Waals surface area contributed by atoms with Gasteiger partial charge < -0.3 is 10.6 Å². The van der Waals surface area contributed by atoms with Gasteiger partial charge in [-0.2, -0.15) is 0 Å². The van der Waals surface area contributed by atoms with E-state index >= 15 is 0 Å². The Morgan fingerprint density at radius 3 is 2.50 bits per heavy atom. The number of rotatable bonds is 7. The van der Waals surface area contributed by atoms with E-state index in [1.165, 1.54) is 22.3 Å². The minimum absolute atomic E-state index is 0. The third-order valence-electron chi connectivity index (χ3n) is 4.34. The molecule has 0 aliphatic heterocycles. The van der Waals surface area contributed by atoms with Gasteiger partial charge in [0.2, 0.25) is 0 Å². The van der Waals surface area contributed by atoms with Crippen LogP contribution >= 0.6 is 24.0 Å². The van der Waals surface area contributed by atoms with Gasteiger partial charge in [0.1, 0.15) is 0 Å². The number of pyridine rings is 1. The number of guanidine groups is 1. The fraction of sp³-hybridized carbons (Fsp3) is 0.429. The van der Waals surface area contributed by atoms with Gasteiger partial charge in [-0.15, -0.1) is 24.0 Å². The number of hydrogen-bond donors (Lipinski definition) is 2. The van der Waals surface area contributed by atoms with Crippen LogP contribution in [0.25, 0.3) is 0 Å². The van der Waals surface area contributed by atoms with E-state index in [4.69, 9.17) is 4.99 Å². The number of benzene rings is 1. The van der Waals surface area contributed by atoms with Crippen LogP contribution < -0.4 is 10.6 Å². The second kappa shape index (κ2) is 11.9. The number of nitrogens with one attached hydrogen (secondary N) is 2. The summed E-state index contributed by atoms with van der Waals surface area (Å²) in [7, 11) is 0. The molecule has 0 radical (unpaired) electrons. The lowest BCUT2D eigenvalue weighted by molar-refractivity contribution is 0.745. The highest BCUT2D eigenvalue weighted by Crippen LogP contribution is 2.15. The zero-order valence-corrected chi connectivity index (χ0v) is 18.6. The van der Waals surface area contributed by atoms with Crippen LogP contribution in [-0.2, 0) is 6.42 Å². The molecule has 0 fully saturated rings. The first-order chi connectivity index (χ1) is 12.1. The molecule has 0 saturated heterocycles. The molecular weight excluding hydrogens is 435 g/mol.